The van der Waals surface area contributed by atoms with Gasteiger partial charge in [0.25, 0.3) is 0 Å². The van der Waals surface area contributed by atoms with Gasteiger partial charge in [0.2, 0.25) is 0 Å². The summed E-state index contributed by atoms with van der Waals surface area (Å²) in [7, 11) is 2.97. The second-order valence-electron chi connectivity index (χ2n) is 5.32. The van der Waals surface area contributed by atoms with Gasteiger partial charge in [-0.05, 0) is 0 Å². The minimum Gasteiger partial charge on any atom is -1.00 e. The largest absolute Gasteiger partial charge is 4.00 e. The fourth-order valence-electron chi connectivity index (χ4n) is 2.61. The SMILES string of the molecule is CC.C[Si].Cc1cc2ccccc2[cH-]1.Cc1cc2ccccc2[cH-]1.[Cl-].[Cl-].[Zr+4]. The van der Waals surface area contributed by atoms with Gasteiger partial charge in [-0.25, -0.2) is 0 Å². The summed E-state index contributed by atoms with van der Waals surface area (Å²) in [6.07, 6.45) is 0. The van der Waals surface area contributed by atoms with Crippen molar-refractivity contribution < 1.29 is 51.0 Å². The van der Waals surface area contributed by atoms with Crippen LogP contribution in [-0.2, 0) is 26.2 Å². The minimum absolute atomic E-state index is 0. The Morgan fingerprint density at radius 1 is 0.630 bits per heavy atom. The normalized spacial score (nSPS) is 8.22. The first-order chi connectivity index (χ1) is 11.7. The molecule has 0 unspecified atom stereocenters. The monoisotopic (exact) mass is 491 g/mol. The van der Waals surface area contributed by atoms with Crippen molar-refractivity contribution in [2.75, 3.05) is 0 Å². The number of hydrogen-bond acceptors (Lipinski definition) is 0. The van der Waals surface area contributed by atoms with Gasteiger partial charge in [-0.3, -0.25) is 0 Å². The van der Waals surface area contributed by atoms with Gasteiger partial charge in [0.05, 0.1) is 0 Å². The molecular weight excluding hydrogens is 466 g/mol. The first-order valence-electron chi connectivity index (χ1n) is 8.46. The molecule has 4 aromatic rings. The molecule has 4 rings (SSSR count). The number of fused-ring (bicyclic) bond motifs is 2. The Hall–Kier alpha value is -0.660. The Bertz CT molecular complexity index is 711. The summed E-state index contributed by atoms with van der Waals surface area (Å²) in [6, 6.07) is 25.7. The van der Waals surface area contributed by atoms with E-state index in [4.69, 9.17) is 0 Å². The zero-order chi connectivity index (χ0) is 17.9. The average Bonchev–Trinajstić information content (AvgIpc) is 3.19. The number of aryl methyl sites for hydroxylation is 2. The third-order valence-electron chi connectivity index (χ3n) is 3.52. The molecule has 0 bridgehead atoms. The van der Waals surface area contributed by atoms with Crippen LogP contribution in [-0.4, -0.2) is 10.2 Å². The molecule has 4 heteroatoms. The molecule has 0 aliphatic carbocycles. The molecule has 0 spiro atoms. The smallest absolute Gasteiger partial charge is 1.00 e. The topological polar surface area (TPSA) is 0 Å². The number of halogens is 2. The van der Waals surface area contributed by atoms with Crippen molar-refractivity contribution in [1.29, 1.82) is 0 Å². The van der Waals surface area contributed by atoms with E-state index in [2.05, 4.69) is 96.9 Å². The van der Waals surface area contributed by atoms with Crippen LogP contribution in [0.3, 0.4) is 0 Å². The van der Waals surface area contributed by atoms with E-state index >= 15 is 0 Å². The zero-order valence-corrected chi connectivity index (χ0v) is 21.7. The van der Waals surface area contributed by atoms with Crippen LogP contribution >= 0.6 is 0 Å². The Morgan fingerprint density at radius 3 is 1.22 bits per heavy atom. The molecule has 0 fully saturated rings. The van der Waals surface area contributed by atoms with Crippen LogP contribution in [0, 0.1) is 13.8 Å². The molecule has 0 saturated heterocycles. The van der Waals surface area contributed by atoms with Crippen molar-refractivity contribution in [3.8, 4) is 0 Å². The van der Waals surface area contributed by atoms with Gasteiger partial charge in [-0.2, -0.15) is 12.1 Å². The van der Waals surface area contributed by atoms with Crippen molar-refractivity contribution in [3.63, 3.8) is 0 Å². The fraction of sp³-hybridized carbons (Fsp3) is 0.217. The fourth-order valence-corrected chi connectivity index (χ4v) is 2.61. The number of benzene rings is 2. The Labute approximate surface area is 199 Å². The molecule has 0 aliphatic rings. The number of rotatable bonds is 0. The Morgan fingerprint density at radius 2 is 0.926 bits per heavy atom. The molecule has 3 radical (unpaired) electrons. The summed E-state index contributed by atoms with van der Waals surface area (Å²) in [6.45, 7) is 10.1. The zero-order valence-electron chi connectivity index (χ0n) is 16.7. The molecule has 0 aromatic heterocycles. The third kappa shape index (κ3) is 9.90. The van der Waals surface area contributed by atoms with E-state index in [1.165, 1.54) is 32.7 Å². The van der Waals surface area contributed by atoms with Gasteiger partial charge in [0, 0.05) is 10.2 Å². The Balaban J connectivity index is -0.000000330. The van der Waals surface area contributed by atoms with Crippen molar-refractivity contribution in [2.45, 2.75) is 34.2 Å². The van der Waals surface area contributed by atoms with Crippen LogP contribution in [0.25, 0.3) is 21.5 Å². The maximum Gasteiger partial charge on any atom is 4.00 e. The van der Waals surface area contributed by atoms with Crippen molar-refractivity contribution in [2.24, 2.45) is 0 Å². The van der Waals surface area contributed by atoms with E-state index < -0.39 is 0 Å². The first kappa shape index (κ1) is 31.0. The van der Waals surface area contributed by atoms with Crippen LogP contribution in [0.1, 0.15) is 25.0 Å². The average molecular weight is 494 g/mol. The summed E-state index contributed by atoms with van der Waals surface area (Å²) in [5.74, 6) is 0. The van der Waals surface area contributed by atoms with Gasteiger partial charge < -0.3 is 24.8 Å². The molecule has 0 heterocycles. The van der Waals surface area contributed by atoms with Crippen molar-refractivity contribution >= 4 is 31.8 Å². The second kappa shape index (κ2) is 17.4. The van der Waals surface area contributed by atoms with E-state index in [1.54, 1.807) is 6.55 Å². The Kier molecular flexibility index (Phi) is 20.1. The van der Waals surface area contributed by atoms with Crippen LogP contribution < -0.4 is 24.8 Å². The molecule has 0 atom stereocenters. The quantitative estimate of drug-likeness (QED) is 0.253. The van der Waals surface area contributed by atoms with E-state index in [0.29, 0.717) is 0 Å². The van der Waals surface area contributed by atoms with Gasteiger partial charge >= 0.3 is 26.2 Å². The summed E-state index contributed by atoms with van der Waals surface area (Å²) < 4.78 is 0. The van der Waals surface area contributed by atoms with E-state index in [1.807, 2.05) is 13.8 Å². The molecule has 0 amide bonds. The van der Waals surface area contributed by atoms with Crippen molar-refractivity contribution in [3.05, 3.63) is 83.9 Å². The van der Waals surface area contributed by atoms with Gasteiger partial charge in [-0.1, -0.05) is 46.4 Å². The van der Waals surface area contributed by atoms with Gasteiger partial charge in [0.15, 0.2) is 0 Å². The molecule has 0 nitrogen and oxygen atoms in total. The minimum atomic E-state index is 0. The van der Waals surface area contributed by atoms with Crippen LogP contribution in [0.4, 0.5) is 0 Å². The summed E-state index contributed by atoms with van der Waals surface area (Å²) in [4.78, 5) is 0. The van der Waals surface area contributed by atoms with E-state index in [0.717, 1.165) is 0 Å². The molecular formula is C23H27Cl2SiZr. The van der Waals surface area contributed by atoms with Crippen molar-refractivity contribution in [1.82, 2.24) is 0 Å². The molecule has 0 N–H and O–H groups in total. The molecule has 4 aromatic carbocycles. The molecule has 141 valence electrons. The predicted molar refractivity (Wildman–Crippen MR) is 112 cm³/mol. The van der Waals surface area contributed by atoms with Crippen LogP contribution in [0.15, 0.2) is 72.8 Å². The maximum atomic E-state index is 2.97. The van der Waals surface area contributed by atoms with Crippen LogP contribution in [0.5, 0.6) is 0 Å². The second-order valence-corrected chi connectivity index (χ2v) is 5.32. The van der Waals surface area contributed by atoms with Crippen LogP contribution in [0.2, 0.25) is 6.55 Å². The standard InChI is InChI=1S/2C10H9.C2H6.CH3Si.2ClH.Zr/c2*1-8-6-9-4-2-3-5-10(9)7-8;2*1-2;;;/h2*2-7H,1H3;1-2H3;1H3;2*1H;/q2*-1;;;;;+4/p-2. The molecule has 0 aliphatic heterocycles. The number of hydrogen-bond donors (Lipinski definition) is 0. The van der Waals surface area contributed by atoms with E-state index in [9.17, 15) is 0 Å². The predicted octanol–water partition coefficient (Wildman–Crippen LogP) is 0.969. The molecule has 0 saturated carbocycles. The summed E-state index contributed by atoms with van der Waals surface area (Å²) in [5.41, 5.74) is 2.70. The summed E-state index contributed by atoms with van der Waals surface area (Å²) >= 11 is 0. The van der Waals surface area contributed by atoms with Gasteiger partial charge in [0.1, 0.15) is 0 Å². The van der Waals surface area contributed by atoms with Gasteiger partial charge in [-0.15, -0.1) is 81.2 Å². The first-order valence-corrected chi connectivity index (χ1v) is 9.46. The molecule has 27 heavy (non-hydrogen) atoms. The van der Waals surface area contributed by atoms with E-state index in [-0.39, 0.29) is 51.0 Å². The maximum absolute atomic E-state index is 2.97. The third-order valence-corrected chi connectivity index (χ3v) is 3.52. The summed E-state index contributed by atoms with van der Waals surface area (Å²) in [5, 5.41) is 5.39.